The van der Waals surface area contributed by atoms with Crippen molar-refractivity contribution in [3.8, 4) is 0 Å². The standard InChI is InChI=1S/C13H23NO4/c1-13(2,3)18-12(17)14-8-6-4-5-7-10(9-14)11(15)16/h10H,4-9H2,1-3H3,(H,15,16). The predicted molar refractivity (Wildman–Crippen MR) is 67.4 cm³/mol. The molecule has 1 rings (SSSR count). The molecule has 5 heteroatoms. The fourth-order valence-corrected chi connectivity index (χ4v) is 2.01. The molecule has 1 saturated heterocycles. The van der Waals surface area contributed by atoms with Crippen molar-refractivity contribution < 1.29 is 19.4 Å². The molecule has 0 aromatic heterocycles. The van der Waals surface area contributed by atoms with Crippen LogP contribution in [0.25, 0.3) is 0 Å². The number of rotatable bonds is 1. The monoisotopic (exact) mass is 257 g/mol. The Bertz CT molecular complexity index is 309. The number of carboxylic acid groups (broad SMARTS) is 1. The lowest BCUT2D eigenvalue weighted by molar-refractivity contribution is -0.142. The molecule has 0 bridgehead atoms. The van der Waals surface area contributed by atoms with Crippen LogP contribution < -0.4 is 0 Å². The average Bonchev–Trinajstić information content (AvgIpc) is 2.12. The number of amides is 1. The molecular weight excluding hydrogens is 234 g/mol. The van der Waals surface area contributed by atoms with Crippen LogP contribution >= 0.6 is 0 Å². The van der Waals surface area contributed by atoms with Crippen molar-refractivity contribution in [2.24, 2.45) is 5.92 Å². The highest BCUT2D eigenvalue weighted by atomic mass is 16.6. The first-order chi connectivity index (χ1) is 8.29. The zero-order valence-electron chi connectivity index (χ0n) is 11.4. The van der Waals surface area contributed by atoms with Crippen LogP contribution in [0.15, 0.2) is 0 Å². The molecule has 1 amide bonds. The first-order valence-corrected chi connectivity index (χ1v) is 6.50. The van der Waals surface area contributed by atoms with Gasteiger partial charge in [0.2, 0.25) is 0 Å². The molecule has 104 valence electrons. The van der Waals surface area contributed by atoms with E-state index in [4.69, 9.17) is 9.84 Å². The van der Waals surface area contributed by atoms with Gasteiger partial charge < -0.3 is 14.7 Å². The van der Waals surface area contributed by atoms with Crippen LogP contribution in [0.1, 0.15) is 46.5 Å². The third-order valence-corrected chi connectivity index (χ3v) is 2.92. The molecule has 1 atom stereocenters. The van der Waals surface area contributed by atoms with Crippen molar-refractivity contribution in [1.29, 1.82) is 0 Å². The van der Waals surface area contributed by atoms with Gasteiger partial charge in [0, 0.05) is 13.1 Å². The van der Waals surface area contributed by atoms with E-state index in [1.54, 1.807) is 0 Å². The second kappa shape index (κ2) is 6.07. The Kier molecular flexibility index (Phi) is 4.99. The van der Waals surface area contributed by atoms with Crippen LogP contribution in [0.2, 0.25) is 0 Å². The van der Waals surface area contributed by atoms with Gasteiger partial charge in [-0.15, -0.1) is 0 Å². The van der Waals surface area contributed by atoms with Gasteiger partial charge in [-0.05, 0) is 33.6 Å². The second-order valence-corrected chi connectivity index (χ2v) is 5.81. The van der Waals surface area contributed by atoms with Gasteiger partial charge in [-0.25, -0.2) is 4.79 Å². The third-order valence-electron chi connectivity index (χ3n) is 2.92. The smallest absolute Gasteiger partial charge is 0.410 e. The van der Waals surface area contributed by atoms with Crippen LogP contribution in [0.3, 0.4) is 0 Å². The van der Waals surface area contributed by atoms with E-state index in [1.165, 1.54) is 4.90 Å². The van der Waals surface area contributed by atoms with Crippen molar-refractivity contribution in [1.82, 2.24) is 4.90 Å². The molecular formula is C13H23NO4. The van der Waals surface area contributed by atoms with Crippen LogP contribution in [-0.4, -0.2) is 40.8 Å². The fraction of sp³-hybridized carbons (Fsp3) is 0.846. The van der Waals surface area contributed by atoms with Gasteiger partial charge in [0.15, 0.2) is 0 Å². The largest absolute Gasteiger partial charge is 0.481 e. The molecule has 0 saturated carbocycles. The van der Waals surface area contributed by atoms with E-state index in [9.17, 15) is 9.59 Å². The molecule has 0 spiro atoms. The fourth-order valence-electron chi connectivity index (χ4n) is 2.01. The van der Waals surface area contributed by atoms with E-state index in [0.29, 0.717) is 13.0 Å². The molecule has 0 aromatic carbocycles. The third kappa shape index (κ3) is 4.94. The number of hydrogen-bond acceptors (Lipinski definition) is 3. The lowest BCUT2D eigenvalue weighted by Crippen LogP contribution is -2.42. The highest BCUT2D eigenvalue weighted by Crippen LogP contribution is 2.19. The predicted octanol–water partition coefficient (Wildman–Crippen LogP) is 2.50. The minimum Gasteiger partial charge on any atom is -0.481 e. The summed E-state index contributed by atoms with van der Waals surface area (Å²) in [6.07, 6.45) is 3.01. The summed E-state index contributed by atoms with van der Waals surface area (Å²) in [6.45, 7) is 6.26. The summed E-state index contributed by atoms with van der Waals surface area (Å²) in [4.78, 5) is 24.6. The van der Waals surface area contributed by atoms with E-state index in [2.05, 4.69) is 0 Å². The summed E-state index contributed by atoms with van der Waals surface area (Å²) >= 11 is 0. The second-order valence-electron chi connectivity index (χ2n) is 5.81. The number of carboxylic acids is 1. The SMILES string of the molecule is CC(C)(C)OC(=O)N1CCCCCC(C(=O)O)C1. The number of likely N-dealkylation sites (tertiary alicyclic amines) is 1. The Morgan fingerprint density at radius 3 is 2.44 bits per heavy atom. The molecule has 0 aromatic rings. The molecule has 1 fully saturated rings. The van der Waals surface area contributed by atoms with Crippen LogP contribution in [0.4, 0.5) is 4.79 Å². The van der Waals surface area contributed by atoms with Gasteiger partial charge in [-0.1, -0.05) is 12.8 Å². The Morgan fingerprint density at radius 1 is 1.22 bits per heavy atom. The van der Waals surface area contributed by atoms with Crippen molar-refractivity contribution in [3.63, 3.8) is 0 Å². The number of hydrogen-bond donors (Lipinski definition) is 1. The van der Waals surface area contributed by atoms with Crippen LogP contribution in [-0.2, 0) is 9.53 Å². The van der Waals surface area contributed by atoms with Crippen molar-refractivity contribution in [3.05, 3.63) is 0 Å². The summed E-state index contributed by atoms with van der Waals surface area (Å²) in [6, 6.07) is 0. The number of carbonyl (C=O) groups excluding carboxylic acids is 1. The van der Waals surface area contributed by atoms with E-state index in [0.717, 1.165) is 19.3 Å². The average molecular weight is 257 g/mol. The maximum Gasteiger partial charge on any atom is 0.410 e. The minimum absolute atomic E-state index is 0.254. The molecule has 1 N–H and O–H groups in total. The highest BCUT2D eigenvalue weighted by Gasteiger charge is 2.28. The first-order valence-electron chi connectivity index (χ1n) is 6.50. The summed E-state index contributed by atoms with van der Waals surface area (Å²) < 4.78 is 5.30. The molecule has 1 heterocycles. The van der Waals surface area contributed by atoms with Gasteiger partial charge in [-0.3, -0.25) is 4.79 Å². The van der Waals surface area contributed by atoms with E-state index >= 15 is 0 Å². The summed E-state index contributed by atoms with van der Waals surface area (Å²) in [5.74, 6) is -1.30. The first kappa shape index (κ1) is 14.8. The maximum atomic E-state index is 12.0. The molecule has 5 nitrogen and oxygen atoms in total. The van der Waals surface area contributed by atoms with E-state index < -0.39 is 23.6 Å². The molecule has 1 aliphatic heterocycles. The van der Waals surface area contributed by atoms with E-state index in [-0.39, 0.29) is 6.54 Å². The van der Waals surface area contributed by atoms with Crippen molar-refractivity contribution in [2.75, 3.05) is 13.1 Å². The normalized spacial score (nSPS) is 21.9. The Balaban J connectivity index is 2.65. The maximum absolute atomic E-state index is 12.0. The van der Waals surface area contributed by atoms with Gasteiger partial charge in [0.05, 0.1) is 5.92 Å². The molecule has 1 aliphatic rings. The van der Waals surface area contributed by atoms with E-state index in [1.807, 2.05) is 20.8 Å². The molecule has 1 unspecified atom stereocenters. The Hall–Kier alpha value is -1.26. The zero-order chi connectivity index (χ0) is 13.8. The van der Waals surface area contributed by atoms with Gasteiger partial charge in [0.25, 0.3) is 0 Å². The topological polar surface area (TPSA) is 66.8 Å². The van der Waals surface area contributed by atoms with Gasteiger partial charge in [-0.2, -0.15) is 0 Å². The lowest BCUT2D eigenvalue weighted by atomic mass is 9.98. The summed E-state index contributed by atoms with van der Waals surface area (Å²) in [7, 11) is 0. The number of aliphatic carboxylic acids is 1. The Labute approximate surface area is 108 Å². The number of carbonyl (C=O) groups is 2. The van der Waals surface area contributed by atoms with Gasteiger partial charge in [0.1, 0.15) is 5.60 Å². The molecule has 0 aliphatic carbocycles. The number of nitrogens with zero attached hydrogens (tertiary/aromatic N) is 1. The lowest BCUT2D eigenvalue weighted by Gasteiger charge is -2.30. The van der Waals surface area contributed by atoms with Gasteiger partial charge >= 0.3 is 12.1 Å². The zero-order valence-corrected chi connectivity index (χ0v) is 11.4. The van der Waals surface area contributed by atoms with Crippen molar-refractivity contribution >= 4 is 12.1 Å². The summed E-state index contributed by atoms with van der Waals surface area (Å²) in [5, 5.41) is 9.11. The quantitative estimate of drug-likeness (QED) is 0.783. The molecule has 18 heavy (non-hydrogen) atoms. The van der Waals surface area contributed by atoms with Crippen LogP contribution in [0.5, 0.6) is 0 Å². The van der Waals surface area contributed by atoms with Crippen molar-refractivity contribution in [2.45, 2.75) is 52.1 Å². The minimum atomic E-state index is -0.828. The highest BCUT2D eigenvalue weighted by molar-refractivity contribution is 5.72. The Morgan fingerprint density at radius 2 is 1.89 bits per heavy atom. The van der Waals surface area contributed by atoms with Crippen LogP contribution in [0, 0.1) is 5.92 Å². The molecule has 0 radical (unpaired) electrons. The summed E-state index contributed by atoms with van der Waals surface area (Å²) in [5.41, 5.74) is -0.543. The number of ether oxygens (including phenoxy) is 1.